The maximum absolute atomic E-state index is 12.5. The molecule has 1 aliphatic carbocycles. The van der Waals surface area contributed by atoms with E-state index in [2.05, 4.69) is 28.0 Å². The van der Waals surface area contributed by atoms with E-state index < -0.39 is 0 Å². The molecule has 3 rings (SSSR count). The van der Waals surface area contributed by atoms with E-state index in [9.17, 15) is 4.79 Å². The Hall–Kier alpha value is -2.25. The number of hydrogen-bond acceptors (Lipinski definition) is 7. The van der Waals surface area contributed by atoms with Crippen molar-refractivity contribution in [1.82, 2.24) is 9.80 Å². The molecule has 0 aromatic carbocycles. The molecule has 31 heavy (non-hydrogen) atoms. The molecule has 3 aliphatic rings. The maximum Gasteiger partial charge on any atom is 0.165 e. The normalized spacial score (nSPS) is 25.1. The molecule has 1 unspecified atom stereocenters. The molecule has 2 heterocycles. The van der Waals surface area contributed by atoms with E-state index in [1.807, 2.05) is 0 Å². The minimum atomic E-state index is -0.183. The first-order valence-corrected chi connectivity index (χ1v) is 11.3. The predicted molar refractivity (Wildman–Crippen MR) is 121 cm³/mol. The molecule has 0 saturated carbocycles. The highest BCUT2D eigenvalue weighted by atomic mass is 16.5. The number of hydrogen-bond donors (Lipinski definition) is 1. The summed E-state index contributed by atoms with van der Waals surface area (Å²) in [5.41, 5.74) is 8.12. The van der Waals surface area contributed by atoms with E-state index in [-0.39, 0.29) is 17.9 Å². The number of nitrogens with two attached hydrogens (primary N) is 1. The molecule has 1 saturated heterocycles. The first-order valence-electron chi connectivity index (χ1n) is 11.3. The van der Waals surface area contributed by atoms with E-state index >= 15 is 0 Å². The number of piperazine rings is 1. The molecule has 2 aliphatic heterocycles. The van der Waals surface area contributed by atoms with E-state index in [0.29, 0.717) is 18.6 Å². The van der Waals surface area contributed by atoms with Crippen LogP contribution in [0.15, 0.2) is 47.8 Å². The summed E-state index contributed by atoms with van der Waals surface area (Å²) in [5.74, 6) is 0.862. The number of ketones is 1. The van der Waals surface area contributed by atoms with Crippen molar-refractivity contribution in [3.63, 3.8) is 0 Å². The van der Waals surface area contributed by atoms with Crippen LogP contribution >= 0.6 is 0 Å². The number of unbranched alkanes of at least 4 members (excludes halogenated alkanes) is 1. The van der Waals surface area contributed by atoms with Crippen LogP contribution in [0.4, 0.5) is 0 Å². The zero-order chi connectivity index (χ0) is 22.1. The van der Waals surface area contributed by atoms with Crippen molar-refractivity contribution in [2.24, 2.45) is 5.73 Å². The lowest BCUT2D eigenvalue weighted by atomic mass is 9.97. The van der Waals surface area contributed by atoms with Crippen molar-refractivity contribution in [3.05, 3.63) is 47.8 Å². The summed E-state index contributed by atoms with van der Waals surface area (Å²) in [6.07, 6.45) is 14.3. The Balaban J connectivity index is 1.33. The fourth-order valence-corrected chi connectivity index (χ4v) is 4.26. The minimum Gasteiger partial charge on any atom is -0.501 e. The number of methoxy groups -OCH3 is 2. The highest BCUT2D eigenvalue weighted by Crippen LogP contribution is 2.23. The third kappa shape index (κ3) is 7.14. The van der Waals surface area contributed by atoms with Crippen molar-refractivity contribution >= 4 is 5.78 Å². The number of Topliss-reactive ketones (excluding diaryl/α,β-unsaturated/α-hetero) is 1. The number of ether oxygens (including phenoxy) is 3. The minimum absolute atomic E-state index is 0.151. The van der Waals surface area contributed by atoms with Gasteiger partial charge in [0.2, 0.25) is 0 Å². The third-order valence-electron chi connectivity index (χ3n) is 6.10. The summed E-state index contributed by atoms with van der Waals surface area (Å²) in [5, 5.41) is 0. The van der Waals surface area contributed by atoms with E-state index in [4.69, 9.17) is 19.9 Å². The molecule has 0 spiro atoms. The van der Waals surface area contributed by atoms with Gasteiger partial charge >= 0.3 is 0 Å². The van der Waals surface area contributed by atoms with Gasteiger partial charge in [-0.25, -0.2) is 0 Å². The quantitative estimate of drug-likeness (QED) is 0.421. The topological polar surface area (TPSA) is 77.3 Å². The molecular formula is C24H37N3O4. The van der Waals surface area contributed by atoms with Gasteiger partial charge in [0, 0.05) is 56.3 Å². The summed E-state index contributed by atoms with van der Waals surface area (Å²) in [7, 11) is 3.17. The van der Waals surface area contributed by atoms with E-state index in [0.717, 1.165) is 64.0 Å². The monoisotopic (exact) mass is 431 g/mol. The average molecular weight is 432 g/mol. The third-order valence-corrected chi connectivity index (χ3v) is 6.10. The van der Waals surface area contributed by atoms with Crippen LogP contribution in [0.2, 0.25) is 0 Å². The van der Waals surface area contributed by atoms with Gasteiger partial charge in [0.15, 0.2) is 5.78 Å². The average Bonchev–Trinajstić information content (AvgIpc) is 2.78. The SMILES string of the molecule is CO/C=C(/CC1CC(=O)C(CCCCN2CCN(C3=C[C@H](N)CC=C3)CC2)=CO1)OC. The molecule has 2 N–H and O–H groups in total. The van der Waals surface area contributed by atoms with Crippen LogP contribution in [0.3, 0.4) is 0 Å². The summed E-state index contributed by atoms with van der Waals surface area (Å²) in [6.45, 7) is 5.31. The summed E-state index contributed by atoms with van der Waals surface area (Å²) in [4.78, 5) is 17.4. The Morgan fingerprint density at radius 2 is 2.06 bits per heavy atom. The highest BCUT2D eigenvalue weighted by Gasteiger charge is 2.24. The van der Waals surface area contributed by atoms with E-state index in [1.54, 1.807) is 26.7 Å². The van der Waals surface area contributed by atoms with Gasteiger partial charge in [0.05, 0.1) is 20.5 Å². The maximum atomic E-state index is 12.5. The van der Waals surface area contributed by atoms with Crippen LogP contribution in [0.5, 0.6) is 0 Å². The van der Waals surface area contributed by atoms with Crippen LogP contribution in [0.1, 0.15) is 38.5 Å². The lowest BCUT2D eigenvalue weighted by Gasteiger charge is -2.37. The van der Waals surface area contributed by atoms with Crippen LogP contribution in [-0.2, 0) is 19.0 Å². The standard InChI is InChI=1S/C24H37N3O4/c1-29-18-23(30-2)15-22-16-24(28)19(17-31-22)6-3-4-9-26-10-12-27(13-11-26)21-8-5-7-20(25)14-21/h5,8,14,17-18,20,22H,3-4,6-7,9-13,15-16,25H2,1-2H3/b23-18-/t20-,22?/m1/s1. The molecular weight excluding hydrogens is 394 g/mol. The lowest BCUT2D eigenvalue weighted by Crippen LogP contribution is -2.46. The predicted octanol–water partition coefficient (Wildman–Crippen LogP) is 2.71. The van der Waals surface area contributed by atoms with Crippen LogP contribution in [-0.4, -0.2) is 74.7 Å². The lowest BCUT2D eigenvalue weighted by molar-refractivity contribution is -0.119. The molecule has 0 aromatic rings. The molecule has 0 radical (unpaired) electrons. The molecule has 0 aromatic heterocycles. The Bertz CT molecular complexity index is 720. The van der Waals surface area contributed by atoms with Gasteiger partial charge in [0.25, 0.3) is 0 Å². The van der Waals surface area contributed by atoms with Gasteiger partial charge in [0.1, 0.15) is 18.1 Å². The Kier molecular flexibility index (Phi) is 9.03. The molecule has 7 nitrogen and oxygen atoms in total. The number of rotatable bonds is 10. The van der Waals surface area contributed by atoms with Gasteiger partial charge in [-0.2, -0.15) is 0 Å². The zero-order valence-electron chi connectivity index (χ0n) is 18.9. The van der Waals surface area contributed by atoms with Crippen molar-refractivity contribution < 1.29 is 19.0 Å². The van der Waals surface area contributed by atoms with Crippen LogP contribution in [0.25, 0.3) is 0 Å². The number of nitrogens with zero attached hydrogens (tertiary/aromatic N) is 2. The number of carbonyl (C=O) groups is 1. The molecule has 0 bridgehead atoms. The van der Waals surface area contributed by atoms with Crippen molar-refractivity contribution in [2.45, 2.75) is 50.7 Å². The van der Waals surface area contributed by atoms with Crippen molar-refractivity contribution in [1.29, 1.82) is 0 Å². The fourth-order valence-electron chi connectivity index (χ4n) is 4.26. The van der Waals surface area contributed by atoms with Crippen molar-refractivity contribution in [3.8, 4) is 0 Å². The van der Waals surface area contributed by atoms with Gasteiger partial charge in [-0.3, -0.25) is 9.69 Å². The number of carbonyl (C=O) groups excluding carboxylic acids is 1. The first-order chi connectivity index (χ1) is 15.1. The summed E-state index contributed by atoms with van der Waals surface area (Å²) < 4.78 is 16.0. The Morgan fingerprint density at radius 1 is 1.26 bits per heavy atom. The summed E-state index contributed by atoms with van der Waals surface area (Å²) in [6, 6.07) is 0.151. The summed E-state index contributed by atoms with van der Waals surface area (Å²) >= 11 is 0. The zero-order valence-corrected chi connectivity index (χ0v) is 18.9. The van der Waals surface area contributed by atoms with Crippen LogP contribution in [0, 0.1) is 0 Å². The second-order valence-electron chi connectivity index (χ2n) is 8.44. The molecule has 0 amide bonds. The smallest absolute Gasteiger partial charge is 0.165 e. The second kappa shape index (κ2) is 12.0. The molecule has 172 valence electrons. The fraction of sp³-hybridized carbons (Fsp3) is 0.625. The van der Waals surface area contributed by atoms with Crippen molar-refractivity contribution in [2.75, 3.05) is 46.9 Å². The Morgan fingerprint density at radius 3 is 2.74 bits per heavy atom. The van der Waals surface area contributed by atoms with Gasteiger partial charge in [-0.05, 0) is 44.4 Å². The Labute approximate surface area is 186 Å². The van der Waals surface area contributed by atoms with Gasteiger partial charge < -0.3 is 24.8 Å². The van der Waals surface area contributed by atoms with Gasteiger partial charge in [-0.15, -0.1) is 0 Å². The number of allylic oxidation sites excluding steroid dienone is 2. The first kappa shape index (κ1) is 23.4. The van der Waals surface area contributed by atoms with Crippen LogP contribution < -0.4 is 5.73 Å². The van der Waals surface area contributed by atoms with Gasteiger partial charge in [-0.1, -0.05) is 6.08 Å². The second-order valence-corrected chi connectivity index (χ2v) is 8.44. The molecule has 2 atom stereocenters. The molecule has 1 fully saturated rings. The largest absolute Gasteiger partial charge is 0.501 e. The highest BCUT2D eigenvalue weighted by molar-refractivity contribution is 5.95. The van der Waals surface area contributed by atoms with E-state index in [1.165, 1.54) is 5.70 Å². The molecule has 7 heteroatoms.